The van der Waals surface area contributed by atoms with Crippen molar-refractivity contribution >= 4 is 11.7 Å². The molecular formula is C15H23N3O. The third-order valence-electron chi connectivity index (χ3n) is 3.38. The average Bonchev–Trinajstić information content (AvgIpc) is 3.20. The SMILES string of the molecule is CCCN(C(=O)Nc1cccc(C(C)N)c1)C1CC1. The Hall–Kier alpha value is -1.55. The van der Waals surface area contributed by atoms with Crippen LogP contribution in [0.3, 0.4) is 0 Å². The first-order chi connectivity index (χ1) is 9.11. The summed E-state index contributed by atoms with van der Waals surface area (Å²) in [5, 5.41) is 2.97. The van der Waals surface area contributed by atoms with Gasteiger partial charge in [0.1, 0.15) is 0 Å². The Morgan fingerprint density at radius 2 is 2.26 bits per heavy atom. The van der Waals surface area contributed by atoms with E-state index in [0.717, 1.165) is 37.1 Å². The molecule has 2 amide bonds. The summed E-state index contributed by atoms with van der Waals surface area (Å²) in [7, 11) is 0. The van der Waals surface area contributed by atoms with Crippen molar-refractivity contribution < 1.29 is 4.79 Å². The molecule has 0 bridgehead atoms. The summed E-state index contributed by atoms with van der Waals surface area (Å²) < 4.78 is 0. The number of benzene rings is 1. The summed E-state index contributed by atoms with van der Waals surface area (Å²) >= 11 is 0. The number of hydrogen-bond donors (Lipinski definition) is 2. The van der Waals surface area contributed by atoms with Gasteiger partial charge in [-0.2, -0.15) is 0 Å². The van der Waals surface area contributed by atoms with Gasteiger partial charge in [0, 0.05) is 24.3 Å². The van der Waals surface area contributed by atoms with Crippen molar-refractivity contribution in [1.82, 2.24) is 4.90 Å². The normalized spacial score (nSPS) is 15.9. The molecular weight excluding hydrogens is 238 g/mol. The van der Waals surface area contributed by atoms with E-state index in [0.29, 0.717) is 6.04 Å². The van der Waals surface area contributed by atoms with Gasteiger partial charge in [0.15, 0.2) is 0 Å². The quantitative estimate of drug-likeness (QED) is 0.855. The molecule has 0 aromatic heterocycles. The lowest BCUT2D eigenvalue weighted by Gasteiger charge is -2.22. The molecule has 1 aromatic carbocycles. The van der Waals surface area contributed by atoms with Crippen LogP contribution < -0.4 is 11.1 Å². The van der Waals surface area contributed by atoms with Crippen molar-refractivity contribution in [3.63, 3.8) is 0 Å². The molecule has 19 heavy (non-hydrogen) atoms. The molecule has 1 atom stereocenters. The molecule has 1 saturated carbocycles. The lowest BCUT2D eigenvalue weighted by Crippen LogP contribution is -2.37. The molecule has 0 radical (unpaired) electrons. The van der Waals surface area contributed by atoms with E-state index in [-0.39, 0.29) is 12.1 Å². The molecule has 1 aliphatic rings. The predicted octanol–water partition coefficient (Wildman–Crippen LogP) is 3.11. The van der Waals surface area contributed by atoms with Gasteiger partial charge in [-0.1, -0.05) is 19.1 Å². The van der Waals surface area contributed by atoms with Crippen molar-refractivity contribution in [2.24, 2.45) is 5.73 Å². The highest BCUT2D eigenvalue weighted by Gasteiger charge is 2.31. The van der Waals surface area contributed by atoms with Gasteiger partial charge >= 0.3 is 6.03 Å². The van der Waals surface area contributed by atoms with E-state index >= 15 is 0 Å². The zero-order valence-corrected chi connectivity index (χ0v) is 11.7. The van der Waals surface area contributed by atoms with E-state index < -0.39 is 0 Å². The minimum Gasteiger partial charge on any atom is -0.324 e. The van der Waals surface area contributed by atoms with Gasteiger partial charge in [0.2, 0.25) is 0 Å². The summed E-state index contributed by atoms with van der Waals surface area (Å²) in [6, 6.07) is 8.18. The first-order valence-electron chi connectivity index (χ1n) is 7.05. The van der Waals surface area contributed by atoms with Crippen LogP contribution in [0.2, 0.25) is 0 Å². The summed E-state index contributed by atoms with van der Waals surface area (Å²) in [5.41, 5.74) is 7.71. The van der Waals surface area contributed by atoms with Gasteiger partial charge in [0.05, 0.1) is 0 Å². The van der Waals surface area contributed by atoms with Crippen LogP contribution in [-0.2, 0) is 0 Å². The number of urea groups is 1. The Morgan fingerprint density at radius 1 is 1.53 bits per heavy atom. The van der Waals surface area contributed by atoms with Crippen molar-refractivity contribution in [2.45, 2.75) is 45.2 Å². The number of hydrogen-bond acceptors (Lipinski definition) is 2. The van der Waals surface area contributed by atoms with E-state index in [9.17, 15) is 4.79 Å². The van der Waals surface area contributed by atoms with Gasteiger partial charge in [-0.15, -0.1) is 0 Å². The number of nitrogens with zero attached hydrogens (tertiary/aromatic N) is 1. The number of nitrogens with two attached hydrogens (primary N) is 1. The molecule has 0 spiro atoms. The molecule has 1 unspecified atom stereocenters. The minimum atomic E-state index is -0.0213. The monoisotopic (exact) mass is 261 g/mol. The second kappa shape index (κ2) is 6.06. The van der Waals surface area contributed by atoms with E-state index in [4.69, 9.17) is 5.73 Å². The summed E-state index contributed by atoms with van der Waals surface area (Å²) in [5.74, 6) is 0. The molecule has 4 nitrogen and oxygen atoms in total. The molecule has 0 heterocycles. The standard InChI is InChI=1S/C15H23N3O/c1-3-9-18(14-7-8-14)15(19)17-13-6-4-5-12(10-13)11(2)16/h4-6,10-11,14H,3,7-9,16H2,1-2H3,(H,17,19). The van der Waals surface area contributed by atoms with E-state index in [1.165, 1.54) is 0 Å². The van der Waals surface area contributed by atoms with Crippen LogP contribution in [0.1, 0.15) is 44.7 Å². The number of nitrogens with one attached hydrogen (secondary N) is 1. The Labute approximate surface area is 115 Å². The highest BCUT2D eigenvalue weighted by atomic mass is 16.2. The largest absolute Gasteiger partial charge is 0.324 e. The fourth-order valence-corrected chi connectivity index (χ4v) is 2.17. The molecule has 2 rings (SSSR count). The first kappa shape index (κ1) is 13.9. The van der Waals surface area contributed by atoms with Crippen molar-refractivity contribution in [3.8, 4) is 0 Å². The van der Waals surface area contributed by atoms with Crippen molar-refractivity contribution in [3.05, 3.63) is 29.8 Å². The lowest BCUT2D eigenvalue weighted by molar-refractivity contribution is 0.209. The summed E-state index contributed by atoms with van der Waals surface area (Å²) in [4.78, 5) is 14.2. The van der Waals surface area contributed by atoms with Crippen LogP contribution in [0.15, 0.2) is 24.3 Å². The molecule has 1 fully saturated rings. The highest BCUT2D eigenvalue weighted by Crippen LogP contribution is 2.27. The summed E-state index contributed by atoms with van der Waals surface area (Å²) in [6.07, 6.45) is 3.25. The Kier molecular flexibility index (Phi) is 4.43. The maximum Gasteiger partial charge on any atom is 0.322 e. The Bertz CT molecular complexity index is 441. The highest BCUT2D eigenvalue weighted by molar-refractivity contribution is 5.89. The van der Waals surface area contributed by atoms with E-state index in [1.807, 2.05) is 36.1 Å². The first-order valence-corrected chi connectivity index (χ1v) is 7.05. The van der Waals surface area contributed by atoms with Crippen molar-refractivity contribution in [1.29, 1.82) is 0 Å². The zero-order chi connectivity index (χ0) is 13.8. The Morgan fingerprint density at radius 3 is 2.84 bits per heavy atom. The number of carbonyl (C=O) groups is 1. The van der Waals surface area contributed by atoms with Crippen LogP contribution in [0, 0.1) is 0 Å². The number of rotatable bonds is 5. The third-order valence-corrected chi connectivity index (χ3v) is 3.38. The summed E-state index contributed by atoms with van der Waals surface area (Å²) in [6.45, 7) is 4.86. The topological polar surface area (TPSA) is 58.4 Å². The van der Waals surface area contributed by atoms with Gasteiger partial charge in [-0.3, -0.25) is 0 Å². The molecule has 4 heteroatoms. The van der Waals surface area contributed by atoms with Gasteiger partial charge in [-0.05, 0) is 43.9 Å². The molecule has 1 aromatic rings. The van der Waals surface area contributed by atoms with Gasteiger partial charge < -0.3 is 16.0 Å². The molecule has 3 N–H and O–H groups in total. The second-order valence-electron chi connectivity index (χ2n) is 5.27. The second-order valence-corrected chi connectivity index (χ2v) is 5.27. The maximum atomic E-state index is 12.2. The van der Waals surface area contributed by atoms with Crippen LogP contribution in [0.25, 0.3) is 0 Å². The number of carbonyl (C=O) groups excluding carboxylic acids is 1. The molecule has 104 valence electrons. The molecule has 1 aliphatic carbocycles. The van der Waals surface area contributed by atoms with Crippen LogP contribution in [0.5, 0.6) is 0 Å². The molecule has 0 saturated heterocycles. The van der Waals surface area contributed by atoms with E-state index in [1.54, 1.807) is 0 Å². The fourth-order valence-electron chi connectivity index (χ4n) is 2.17. The van der Waals surface area contributed by atoms with Gasteiger partial charge in [0.25, 0.3) is 0 Å². The zero-order valence-electron chi connectivity index (χ0n) is 11.7. The minimum absolute atomic E-state index is 0.00572. The Balaban J connectivity index is 2.02. The predicted molar refractivity (Wildman–Crippen MR) is 78.1 cm³/mol. The van der Waals surface area contributed by atoms with Crippen LogP contribution in [-0.4, -0.2) is 23.5 Å². The molecule has 0 aliphatic heterocycles. The lowest BCUT2D eigenvalue weighted by atomic mass is 10.1. The van der Waals surface area contributed by atoms with E-state index in [2.05, 4.69) is 12.2 Å². The van der Waals surface area contributed by atoms with Crippen molar-refractivity contribution in [2.75, 3.05) is 11.9 Å². The van der Waals surface area contributed by atoms with Crippen LogP contribution >= 0.6 is 0 Å². The maximum absolute atomic E-state index is 12.2. The van der Waals surface area contributed by atoms with Crippen LogP contribution in [0.4, 0.5) is 10.5 Å². The smallest absolute Gasteiger partial charge is 0.322 e. The third kappa shape index (κ3) is 3.70. The number of amides is 2. The van der Waals surface area contributed by atoms with Gasteiger partial charge in [-0.25, -0.2) is 4.79 Å². The average molecular weight is 261 g/mol. The number of anilines is 1. The fraction of sp³-hybridized carbons (Fsp3) is 0.533.